The van der Waals surface area contributed by atoms with Gasteiger partial charge in [-0.15, -0.1) is 0 Å². The number of fused-ring (bicyclic) bond motifs is 1. The summed E-state index contributed by atoms with van der Waals surface area (Å²) in [5, 5.41) is 8.92. The maximum atomic E-state index is 12.6. The van der Waals surface area contributed by atoms with Crippen molar-refractivity contribution < 1.29 is 19.1 Å². The van der Waals surface area contributed by atoms with E-state index in [9.17, 15) is 14.4 Å². The van der Waals surface area contributed by atoms with Crippen molar-refractivity contribution in [2.45, 2.75) is 43.9 Å². The fourth-order valence-corrected chi connectivity index (χ4v) is 4.45. The van der Waals surface area contributed by atoms with Crippen LogP contribution in [0.25, 0.3) is 0 Å². The topological polar surface area (TPSA) is 113 Å². The van der Waals surface area contributed by atoms with E-state index in [1.807, 2.05) is 12.1 Å². The number of hydrogen-bond donors (Lipinski definition) is 3. The van der Waals surface area contributed by atoms with Gasteiger partial charge in [-0.1, -0.05) is 6.07 Å². The van der Waals surface area contributed by atoms with Crippen molar-refractivity contribution >= 4 is 17.7 Å². The number of carbonyl (C=O) groups excluding carboxylic acids is 3. The minimum Gasteiger partial charge on any atom is -0.497 e. The largest absolute Gasteiger partial charge is 0.497 e. The molecular formula is C24H29N5O4. The third-order valence-electron chi connectivity index (χ3n) is 6.23. The molecule has 3 N–H and O–H groups in total. The number of nitrogens with one attached hydrogen (secondary N) is 3. The predicted octanol–water partition coefficient (Wildman–Crippen LogP) is 0.858. The van der Waals surface area contributed by atoms with Crippen molar-refractivity contribution in [3.05, 3.63) is 59.9 Å². The van der Waals surface area contributed by atoms with Crippen LogP contribution in [0.3, 0.4) is 0 Å². The van der Waals surface area contributed by atoms with Crippen LogP contribution >= 0.6 is 0 Å². The lowest BCUT2D eigenvalue weighted by molar-refractivity contribution is -0.129. The Balaban J connectivity index is 1.29. The molecule has 3 amide bonds. The average Bonchev–Trinajstić information content (AvgIpc) is 3.27. The monoisotopic (exact) mass is 451 g/mol. The molecule has 2 aromatic rings. The van der Waals surface area contributed by atoms with E-state index in [1.165, 1.54) is 0 Å². The molecule has 9 heteroatoms. The third-order valence-corrected chi connectivity index (χ3v) is 6.23. The first-order valence-corrected chi connectivity index (χ1v) is 11.2. The summed E-state index contributed by atoms with van der Waals surface area (Å²) in [6.45, 7) is 1.53. The van der Waals surface area contributed by atoms with Gasteiger partial charge >= 0.3 is 0 Å². The number of methoxy groups -OCH3 is 1. The van der Waals surface area contributed by atoms with Crippen molar-refractivity contribution in [1.82, 2.24) is 25.8 Å². The highest BCUT2D eigenvalue weighted by atomic mass is 16.5. The van der Waals surface area contributed by atoms with Gasteiger partial charge in [-0.3, -0.25) is 24.3 Å². The van der Waals surface area contributed by atoms with Gasteiger partial charge < -0.3 is 20.7 Å². The molecule has 2 aliphatic rings. The molecule has 2 fully saturated rings. The summed E-state index contributed by atoms with van der Waals surface area (Å²) in [7, 11) is 1.58. The average molecular weight is 452 g/mol. The van der Waals surface area contributed by atoms with E-state index in [2.05, 4.69) is 25.8 Å². The number of rotatable bonds is 8. The summed E-state index contributed by atoms with van der Waals surface area (Å²) >= 11 is 0. The minimum atomic E-state index is -0.289. The van der Waals surface area contributed by atoms with E-state index in [1.54, 1.807) is 43.8 Å². The first-order chi connectivity index (χ1) is 16.0. The lowest BCUT2D eigenvalue weighted by atomic mass is 10.0. The fraction of sp³-hybridized carbons (Fsp3) is 0.417. The Morgan fingerprint density at radius 3 is 2.79 bits per heavy atom. The van der Waals surface area contributed by atoms with E-state index in [0.29, 0.717) is 50.2 Å². The van der Waals surface area contributed by atoms with E-state index in [0.717, 1.165) is 5.56 Å². The van der Waals surface area contributed by atoms with Crippen LogP contribution in [-0.2, 0) is 16.1 Å². The first-order valence-electron chi connectivity index (χ1n) is 11.2. The van der Waals surface area contributed by atoms with Gasteiger partial charge in [0, 0.05) is 56.1 Å². The second-order valence-corrected chi connectivity index (χ2v) is 8.42. The van der Waals surface area contributed by atoms with Crippen LogP contribution in [0.15, 0.2) is 48.8 Å². The zero-order chi connectivity index (χ0) is 23.2. The number of hydrogen-bond acceptors (Lipinski definition) is 6. The number of piperazine rings is 1. The second kappa shape index (κ2) is 10.4. The van der Waals surface area contributed by atoms with Gasteiger partial charge in [-0.25, -0.2) is 0 Å². The van der Waals surface area contributed by atoms with Gasteiger partial charge in [0.1, 0.15) is 5.75 Å². The van der Waals surface area contributed by atoms with Gasteiger partial charge in [0.05, 0.1) is 13.2 Å². The summed E-state index contributed by atoms with van der Waals surface area (Å²) in [6, 6.07) is 10.3. The smallest absolute Gasteiger partial charge is 0.251 e. The summed E-state index contributed by atoms with van der Waals surface area (Å²) in [6.07, 6.45) is 4.98. The van der Waals surface area contributed by atoms with Gasteiger partial charge in [-0.2, -0.15) is 0 Å². The minimum absolute atomic E-state index is 0.0199. The zero-order valence-electron chi connectivity index (χ0n) is 18.6. The lowest BCUT2D eigenvalue weighted by Gasteiger charge is -2.37. The van der Waals surface area contributed by atoms with E-state index >= 15 is 0 Å². The molecule has 2 aliphatic heterocycles. The quantitative estimate of drug-likeness (QED) is 0.549. The van der Waals surface area contributed by atoms with E-state index in [4.69, 9.17) is 4.74 Å². The number of ether oxygens (including phenoxy) is 1. The van der Waals surface area contributed by atoms with Gasteiger partial charge in [-0.05, 0) is 48.7 Å². The number of carbonyl (C=O) groups is 3. The van der Waals surface area contributed by atoms with Crippen molar-refractivity contribution in [1.29, 1.82) is 0 Å². The third kappa shape index (κ3) is 5.67. The Kier molecular flexibility index (Phi) is 7.19. The Morgan fingerprint density at radius 1 is 1.24 bits per heavy atom. The van der Waals surface area contributed by atoms with Gasteiger partial charge in [0.2, 0.25) is 11.8 Å². The Hall–Kier alpha value is -3.46. The Bertz CT molecular complexity index is 982. The molecule has 0 bridgehead atoms. The number of benzene rings is 1. The summed E-state index contributed by atoms with van der Waals surface area (Å²) < 4.78 is 5.13. The van der Waals surface area contributed by atoms with Crippen LogP contribution in [0.2, 0.25) is 0 Å². The molecule has 3 unspecified atom stereocenters. The van der Waals surface area contributed by atoms with Crippen LogP contribution in [0, 0.1) is 0 Å². The first kappa shape index (κ1) is 22.7. The summed E-state index contributed by atoms with van der Waals surface area (Å²) in [4.78, 5) is 43.6. The van der Waals surface area contributed by atoms with Crippen molar-refractivity contribution in [3.8, 4) is 5.75 Å². The molecule has 0 aliphatic carbocycles. The number of amides is 3. The van der Waals surface area contributed by atoms with Crippen molar-refractivity contribution in [2.24, 2.45) is 0 Å². The van der Waals surface area contributed by atoms with Gasteiger partial charge in [0.25, 0.3) is 5.91 Å². The predicted molar refractivity (Wildman–Crippen MR) is 121 cm³/mol. The number of aromatic nitrogens is 1. The molecule has 1 aromatic carbocycles. The van der Waals surface area contributed by atoms with Crippen LogP contribution in [0.5, 0.6) is 5.75 Å². The standard InChI is InChI=1S/C24H29N5O4/c1-33-20-7-4-17(5-8-20)23(31)28-18-11-21-24(32)27-14-19(29(21)15-18)6-9-22(30)26-13-16-3-2-10-25-12-16/h2-5,7-8,10,12,18-19,21H,6,9,11,13-15H2,1H3,(H,26,30)(H,27,32)(H,28,31). The number of pyridine rings is 1. The highest BCUT2D eigenvalue weighted by Crippen LogP contribution is 2.26. The Morgan fingerprint density at radius 2 is 2.06 bits per heavy atom. The molecule has 0 radical (unpaired) electrons. The Labute approximate surface area is 192 Å². The van der Waals surface area contributed by atoms with Crippen molar-refractivity contribution in [3.63, 3.8) is 0 Å². The lowest BCUT2D eigenvalue weighted by Crippen LogP contribution is -2.58. The highest BCUT2D eigenvalue weighted by molar-refractivity contribution is 5.94. The van der Waals surface area contributed by atoms with Gasteiger partial charge in [0.15, 0.2) is 0 Å². The summed E-state index contributed by atoms with van der Waals surface area (Å²) in [5.74, 6) is 0.465. The molecule has 0 spiro atoms. The summed E-state index contributed by atoms with van der Waals surface area (Å²) in [5.41, 5.74) is 1.50. The molecule has 3 atom stereocenters. The molecular weight excluding hydrogens is 422 g/mol. The highest BCUT2D eigenvalue weighted by Gasteiger charge is 2.43. The number of nitrogens with zero attached hydrogens (tertiary/aromatic N) is 2. The molecule has 2 saturated heterocycles. The molecule has 0 saturated carbocycles. The molecule has 174 valence electrons. The molecule has 4 rings (SSSR count). The van der Waals surface area contributed by atoms with Crippen molar-refractivity contribution in [2.75, 3.05) is 20.2 Å². The molecule has 33 heavy (non-hydrogen) atoms. The fourth-order valence-electron chi connectivity index (χ4n) is 4.45. The molecule has 9 nitrogen and oxygen atoms in total. The van der Waals surface area contributed by atoms with Crippen LogP contribution in [-0.4, -0.2) is 65.9 Å². The maximum absolute atomic E-state index is 12.6. The van der Waals surface area contributed by atoms with Crippen LogP contribution in [0.4, 0.5) is 0 Å². The molecule has 3 heterocycles. The molecule has 1 aromatic heterocycles. The van der Waals surface area contributed by atoms with E-state index in [-0.39, 0.29) is 35.8 Å². The normalized spacial score (nSPS) is 22.2. The zero-order valence-corrected chi connectivity index (χ0v) is 18.6. The van der Waals surface area contributed by atoms with E-state index < -0.39 is 0 Å². The maximum Gasteiger partial charge on any atom is 0.251 e. The SMILES string of the molecule is COc1ccc(C(=O)NC2CC3C(=O)NCC(CCC(=O)NCc4cccnc4)N3C2)cc1. The second-order valence-electron chi connectivity index (χ2n) is 8.42. The van der Waals surface area contributed by atoms with Crippen LogP contribution < -0.4 is 20.7 Å². The van der Waals surface area contributed by atoms with Crippen LogP contribution in [0.1, 0.15) is 35.2 Å².